The van der Waals surface area contributed by atoms with Gasteiger partial charge in [-0.05, 0) is 38.1 Å². The Morgan fingerprint density at radius 1 is 1.30 bits per heavy atom. The van der Waals surface area contributed by atoms with E-state index in [1.54, 1.807) is 4.90 Å². The molecule has 2 unspecified atom stereocenters. The van der Waals surface area contributed by atoms with Gasteiger partial charge < -0.3 is 15.0 Å². The standard InChI is InChI=1S/C15H19F3N2O2.ClH/c1-10-11(2)20(8-7-19-10)14(21)9-22-13-5-3-12(4-6-13)15(16,17)18;/h3-6,10-11,19H,7-9H2,1-2H3;1H. The van der Waals surface area contributed by atoms with Crippen LogP contribution in [0.5, 0.6) is 5.75 Å². The lowest BCUT2D eigenvalue weighted by Crippen LogP contribution is -2.58. The number of carbonyl (C=O) groups excluding carboxylic acids is 1. The van der Waals surface area contributed by atoms with Gasteiger partial charge in [-0.25, -0.2) is 0 Å². The Labute approximate surface area is 139 Å². The van der Waals surface area contributed by atoms with Gasteiger partial charge in [-0.2, -0.15) is 13.2 Å². The third kappa shape index (κ3) is 5.00. The van der Waals surface area contributed by atoms with E-state index < -0.39 is 11.7 Å². The highest BCUT2D eigenvalue weighted by Crippen LogP contribution is 2.30. The summed E-state index contributed by atoms with van der Waals surface area (Å²) in [5.74, 6) is 0.0814. The van der Waals surface area contributed by atoms with Gasteiger partial charge >= 0.3 is 6.18 Å². The number of rotatable bonds is 3. The van der Waals surface area contributed by atoms with Crippen molar-refractivity contribution < 1.29 is 22.7 Å². The molecule has 0 radical (unpaired) electrons. The summed E-state index contributed by atoms with van der Waals surface area (Å²) in [6.07, 6.45) is -4.37. The van der Waals surface area contributed by atoms with Crippen molar-refractivity contribution in [1.82, 2.24) is 10.2 Å². The van der Waals surface area contributed by atoms with Gasteiger partial charge in [-0.1, -0.05) is 0 Å². The molecular formula is C15H20ClF3N2O2. The first-order valence-electron chi connectivity index (χ1n) is 7.12. The van der Waals surface area contributed by atoms with Gasteiger partial charge in [0.1, 0.15) is 5.75 Å². The second-order valence-electron chi connectivity index (χ2n) is 5.38. The molecule has 1 fully saturated rings. The molecule has 1 aromatic rings. The summed E-state index contributed by atoms with van der Waals surface area (Å²) in [7, 11) is 0. The molecule has 130 valence electrons. The Hall–Kier alpha value is -1.47. The van der Waals surface area contributed by atoms with Crippen molar-refractivity contribution >= 4 is 18.3 Å². The van der Waals surface area contributed by atoms with Crippen molar-refractivity contribution in [2.24, 2.45) is 0 Å². The minimum absolute atomic E-state index is 0. The molecule has 1 heterocycles. The molecule has 4 nitrogen and oxygen atoms in total. The zero-order valence-corrected chi connectivity index (χ0v) is 13.7. The van der Waals surface area contributed by atoms with Crippen molar-refractivity contribution in [3.8, 4) is 5.75 Å². The van der Waals surface area contributed by atoms with E-state index in [1.165, 1.54) is 12.1 Å². The molecule has 23 heavy (non-hydrogen) atoms. The van der Waals surface area contributed by atoms with E-state index in [1.807, 2.05) is 13.8 Å². The first-order chi connectivity index (χ1) is 10.3. The lowest BCUT2D eigenvalue weighted by Gasteiger charge is -2.38. The van der Waals surface area contributed by atoms with Crippen molar-refractivity contribution in [1.29, 1.82) is 0 Å². The molecule has 1 aliphatic heterocycles. The summed E-state index contributed by atoms with van der Waals surface area (Å²) >= 11 is 0. The van der Waals surface area contributed by atoms with Crippen molar-refractivity contribution in [3.63, 3.8) is 0 Å². The summed E-state index contributed by atoms with van der Waals surface area (Å²) in [5.41, 5.74) is -0.740. The van der Waals surface area contributed by atoms with E-state index in [9.17, 15) is 18.0 Å². The zero-order valence-electron chi connectivity index (χ0n) is 12.9. The highest BCUT2D eigenvalue weighted by Gasteiger charge is 2.30. The second kappa shape index (κ2) is 7.88. The SMILES string of the molecule is CC1NCCN(C(=O)COc2ccc(C(F)(F)F)cc2)C1C.Cl. The lowest BCUT2D eigenvalue weighted by atomic mass is 10.1. The summed E-state index contributed by atoms with van der Waals surface area (Å²) < 4.78 is 42.6. The molecular weight excluding hydrogens is 333 g/mol. The van der Waals surface area contributed by atoms with Crippen LogP contribution in [0.2, 0.25) is 0 Å². The fraction of sp³-hybridized carbons (Fsp3) is 0.533. The summed E-state index contributed by atoms with van der Waals surface area (Å²) in [4.78, 5) is 13.9. The van der Waals surface area contributed by atoms with Crippen LogP contribution in [-0.4, -0.2) is 42.6 Å². The molecule has 0 aliphatic carbocycles. The monoisotopic (exact) mass is 352 g/mol. The van der Waals surface area contributed by atoms with E-state index in [0.717, 1.165) is 18.7 Å². The Morgan fingerprint density at radius 2 is 1.91 bits per heavy atom. The minimum atomic E-state index is -4.37. The maximum atomic E-state index is 12.4. The van der Waals surface area contributed by atoms with Crippen LogP contribution in [0.4, 0.5) is 13.2 Å². The molecule has 0 saturated carbocycles. The number of hydrogen-bond acceptors (Lipinski definition) is 3. The molecule has 0 aromatic heterocycles. The van der Waals surface area contributed by atoms with Crippen LogP contribution in [0.3, 0.4) is 0 Å². The van der Waals surface area contributed by atoms with Crippen LogP contribution in [0, 0.1) is 0 Å². The number of carbonyl (C=O) groups is 1. The minimum Gasteiger partial charge on any atom is -0.484 e. The number of nitrogens with zero attached hydrogens (tertiary/aromatic N) is 1. The largest absolute Gasteiger partial charge is 0.484 e. The Morgan fingerprint density at radius 3 is 2.48 bits per heavy atom. The van der Waals surface area contributed by atoms with Gasteiger partial charge in [-0.3, -0.25) is 4.79 Å². The van der Waals surface area contributed by atoms with Crippen molar-refractivity contribution in [2.75, 3.05) is 19.7 Å². The quantitative estimate of drug-likeness (QED) is 0.909. The fourth-order valence-corrected chi connectivity index (χ4v) is 2.38. The van der Waals surface area contributed by atoms with Crippen LogP contribution in [0.15, 0.2) is 24.3 Å². The van der Waals surface area contributed by atoms with Gasteiger partial charge in [0.2, 0.25) is 0 Å². The van der Waals surface area contributed by atoms with Gasteiger partial charge in [0, 0.05) is 25.2 Å². The summed E-state index contributed by atoms with van der Waals surface area (Å²) in [5, 5.41) is 3.27. The van der Waals surface area contributed by atoms with Crippen LogP contribution in [0.25, 0.3) is 0 Å². The average molecular weight is 353 g/mol. The number of ether oxygens (including phenoxy) is 1. The van der Waals surface area contributed by atoms with Crippen LogP contribution < -0.4 is 10.1 Å². The van der Waals surface area contributed by atoms with Crippen molar-refractivity contribution in [2.45, 2.75) is 32.1 Å². The first-order valence-corrected chi connectivity index (χ1v) is 7.12. The maximum Gasteiger partial charge on any atom is 0.416 e. The maximum absolute atomic E-state index is 12.4. The highest BCUT2D eigenvalue weighted by atomic mass is 35.5. The Balaban J connectivity index is 0.00000264. The smallest absolute Gasteiger partial charge is 0.416 e. The molecule has 2 atom stereocenters. The molecule has 0 spiro atoms. The lowest BCUT2D eigenvalue weighted by molar-refractivity contribution is -0.138. The topological polar surface area (TPSA) is 41.6 Å². The van der Waals surface area contributed by atoms with E-state index in [0.29, 0.717) is 6.54 Å². The number of alkyl halides is 3. The van der Waals surface area contributed by atoms with Gasteiger partial charge in [-0.15, -0.1) is 12.4 Å². The molecule has 1 aromatic carbocycles. The molecule has 1 aliphatic rings. The van der Waals surface area contributed by atoms with Gasteiger partial charge in [0.25, 0.3) is 5.91 Å². The number of amides is 1. The average Bonchev–Trinajstić information content (AvgIpc) is 2.47. The molecule has 8 heteroatoms. The van der Waals surface area contributed by atoms with Crippen LogP contribution >= 0.6 is 12.4 Å². The first kappa shape index (κ1) is 19.6. The van der Waals surface area contributed by atoms with E-state index in [-0.39, 0.29) is 42.8 Å². The highest BCUT2D eigenvalue weighted by molar-refractivity contribution is 5.85. The molecule has 2 rings (SSSR count). The van der Waals surface area contributed by atoms with Crippen LogP contribution in [0.1, 0.15) is 19.4 Å². The number of nitrogens with one attached hydrogen (secondary N) is 1. The third-order valence-electron chi connectivity index (χ3n) is 3.90. The zero-order chi connectivity index (χ0) is 16.3. The van der Waals surface area contributed by atoms with E-state index >= 15 is 0 Å². The Kier molecular flexibility index (Phi) is 6.70. The van der Waals surface area contributed by atoms with Gasteiger partial charge in [0.05, 0.1) is 5.56 Å². The molecule has 1 amide bonds. The fourth-order valence-electron chi connectivity index (χ4n) is 2.38. The third-order valence-corrected chi connectivity index (χ3v) is 3.90. The number of halogens is 4. The molecule has 1 saturated heterocycles. The number of hydrogen-bond donors (Lipinski definition) is 1. The summed E-state index contributed by atoms with van der Waals surface area (Å²) in [6, 6.07) is 4.58. The molecule has 1 N–H and O–H groups in total. The van der Waals surface area contributed by atoms with E-state index in [2.05, 4.69) is 5.32 Å². The predicted octanol–water partition coefficient (Wildman–Crippen LogP) is 2.71. The van der Waals surface area contributed by atoms with Gasteiger partial charge in [0.15, 0.2) is 6.61 Å². The predicted molar refractivity (Wildman–Crippen MR) is 82.8 cm³/mol. The number of piperazine rings is 1. The summed E-state index contributed by atoms with van der Waals surface area (Å²) in [6.45, 7) is 5.09. The van der Waals surface area contributed by atoms with Crippen LogP contribution in [-0.2, 0) is 11.0 Å². The normalized spacial score (nSPS) is 21.5. The van der Waals surface area contributed by atoms with E-state index in [4.69, 9.17) is 4.74 Å². The second-order valence-corrected chi connectivity index (χ2v) is 5.38. The van der Waals surface area contributed by atoms with Crippen molar-refractivity contribution in [3.05, 3.63) is 29.8 Å². The molecule has 0 bridgehead atoms. The number of benzene rings is 1. The Bertz CT molecular complexity index is 522.